The van der Waals surface area contributed by atoms with E-state index < -0.39 is 0 Å². The summed E-state index contributed by atoms with van der Waals surface area (Å²) in [7, 11) is 0. The fraction of sp³-hybridized carbons (Fsp3) is 0.400. The van der Waals surface area contributed by atoms with Gasteiger partial charge in [-0.2, -0.15) is 0 Å². The smallest absolute Gasteiger partial charge is 0.159 e. The van der Waals surface area contributed by atoms with Gasteiger partial charge < -0.3 is 10.2 Å². The van der Waals surface area contributed by atoms with Crippen LogP contribution < -0.4 is 10.2 Å². The molecule has 2 aromatic rings. The molecule has 1 saturated heterocycles. The summed E-state index contributed by atoms with van der Waals surface area (Å²) >= 11 is 0. The van der Waals surface area contributed by atoms with E-state index in [4.69, 9.17) is 0 Å². The van der Waals surface area contributed by atoms with Gasteiger partial charge in [-0.25, -0.2) is 4.98 Å². The van der Waals surface area contributed by atoms with Crippen LogP contribution in [0, 0.1) is 13.8 Å². The molecule has 1 N–H and O–H groups in total. The Bertz CT molecular complexity index is 605. The number of rotatable bonds is 2. The highest BCUT2D eigenvalue weighted by molar-refractivity contribution is 5.74. The van der Waals surface area contributed by atoms with Crippen LogP contribution >= 0.6 is 0 Å². The zero-order valence-electron chi connectivity index (χ0n) is 11.9. The lowest BCUT2D eigenvalue weighted by Gasteiger charge is -2.29. The van der Waals surface area contributed by atoms with Crippen LogP contribution in [-0.2, 0) is 0 Å². The maximum Gasteiger partial charge on any atom is 0.159 e. The first kappa shape index (κ1) is 13.0. The second-order valence-corrected chi connectivity index (χ2v) is 5.08. The molecule has 20 heavy (non-hydrogen) atoms. The first-order valence-electron chi connectivity index (χ1n) is 6.98. The number of nitrogens with zero attached hydrogens (tertiary/aromatic N) is 4. The summed E-state index contributed by atoms with van der Waals surface area (Å²) in [6.07, 6.45) is 0. The SMILES string of the molecule is Cc1nnc(-c2ccccc2C)c(N2CCNCC2)n1. The summed E-state index contributed by atoms with van der Waals surface area (Å²) in [5, 5.41) is 11.9. The van der Waals surface area contributed by atoms with Gasteiger partial charge in [-0.1, -0.05) is 24.3 Å². The molecular weight excluding hydrogens is 250 g/mol. The molecule has 0 bridgehead atoms. The van der Waals surface area contributed by atoms with Crippen molar-refractivity contribution in [2.75, 3.05) is 31.1 Å². The van der Waals surface area contributed by atoms with Gasteiger partial charge >= 0.3 is 0 Å². The minimum atomic E-state index is 0.718. The van der Waals surface area contributed by atoms with Gasteiger partial charge in [0.1, 0.15) is 11.5 Å². The monoisotopic (exact) mass is 269 g/mol. The Labute approximate surface area is 119 Å². The maximum absolute atomic E-state index is 4.64. The van der Waals surface area contributed by atoms with Gasteiger partial charge in [-0.3, -0.25) is 0 Å². The second-order valence-electron chi connectivity index (χ2n) is 5.08. The van der Waals surface area contributed by atoms with Gasteiger partial charge in [0.15, 0.2) is 5.82 Å². The standard InChI is InChI=1S/C15H19N5/c1-11-5-3-4-6-13(11)14-15(17-12(2)18-19-14)20-9-7-16-8-10-20/h3-6,16H,7-10H2,1-2H3. The Balaban J connectivity index is 2.08. The largest absolute Gasteiger partial charge is 0.352 e. The molecule has 1 aromatic heterocycles. The van der Waals surface area contributed by atoms with Gasteiger partial charge in [0.25, 0.3) is 0 Å². The van der Waals surface area contributed by atoms with Gasteiger partial charge in [0.05, 0.1) is 0 Å². The van der Waals surface area contributed by atoms with E-state index in [0.29, 0.717) is 0 Å². The van der Waals surface area contributed by atoms with Crippen molar-refractivity contribution in [2.45, 2.75) is 13.8 Å². The molecule has 0 amide bonds. The average molecular weight is 269 g/mol. The van der Waals surface area contributed by atoms with Crippen molar-refractivity contribution in [3.05, 3.63) is 35.7 Å². The first-order valence-corrected chi connectivity index (χ1v) is 6.98. The van der Waals surface area contributed by atoms with E-state index in [9.17, 15) is 0 Å². The summed E-state index contributed by atoms with van der Waals surface area (Å²) in [6.45, 7) is 7.86. The zero-order chi connectivity index (χ0) is 13.9. The molecule has 0 saturated carbocycles. The Hall–Kier alpha value is -2.01. The van der Waals surface area contributed by atoms with Crippen LogP contribution in [-0.4, -0.2) is 41.4 Å². The summed E-state index contributed by atoms with van der Waals surface area (Å²) in [4.78, 5) is 6.93. The third-order valence-electron chi connectivity index (χ3n) is 3.59. The molecule has 3 rings (SSSR count). The molecule has 1 aliphatic heterocycles. The molecule has 0 radical (unpaired) electrons. The lowest BCUT2D eigenvalue weighted by molar-refractivity contribution is 0.583. The molecule has 5 heteroatoms. The normalized spacial score (nSPS) is 15.4. The van der Waals surface area contributed by atoms with Crippen LogP contribution in [0.4, 0.5) is 5.82 Å². The predicted octanol–water partition coefficient (Wildman–Crippen LogP) is 1.57. The Morgan fingerprint density at radius 2 is 1.80 bits per heavy atom. The van der Waals surface area contributed by atoms with Crippen molar-refractivity contribution in [3.8, 4) is 11.3 Å². The molecule has 2 heterocycles. The highest BCUT2D eigenvalue weighted by Crippen LogP contribution is 2.29. The molecule has 1 aromatic carbocycles. The van der Waals surface area contributed by atoms with E-state index in [2.05, 4.69) is 44.5 Å². The lowest BCUT2D eigenvalue weighted by Crippen LogP contribution is -2.44. The molecule has 5 nitrogen and oxygen atoms in total. The van der Waals surface area contributed by atoms with Crippen LogP contribution in [0.25, 0.3) is 11.3 Å². The van der Waals surface area contributed by atoms with E-state index in [0.717, 1.165) is 49.1 Å². The highest BCUT2D eigenvalue weighted by Gasteiger charge is 2.19. The third kappa shape index (κ3) is 2.49. The molecular formula is C15H19N5. The first-order chi connectivity index (χ1) is 9.75. The third-order valence-corrected chi connectivity index (χ3v) is 3.59. The van der Waals surface area contributed by atoms with Crippen molar-refractivity contribution in [3.63, 3.8) is 0 Å². The molecule has 1 fully saturated rings. The Kier molecular flexibility index (Phi) is 3.60. The van der Waals surface area contributed by atoms with E-state index in [1.54, 1.807) is 0 Å². The number of benzene rings is 1. The van der Waals surface area contributed by atoms with E-state index >= 15 is 0 Å². The topological polar surface area (TPSA) is 53.9 Å². The van der Waals surface area contributed by atoms with E-state index in [1.807, 2.05) is 19.1 Å². The molecule has 0 atom stereocenters. The second kappa shape index (κ2) is 5.54. The van der Waals surface area contributed by atoms with Crippen LogP contribution in [0.1, 0.15) is 11.4 Å². The van der Waals surface area contributed by atoms with Gasteiger partial charge in [-0.15, -0.1) is 10.2 Å². The number of nitrogens with one attached hydrogen (secondary N) is 1. The minimum Gasteiger partial charge on any atom is -0.352 e. The summed E-state index contributed by atoms with van der Waals surface area (Å²) in [5.74, 6) is 1.67. The maximum atomic E-state index is 4.64. The van der Waals surface area contributed by atoms with Crippen molar-refractivity contribution in [1.82, 2.24) is 20.5 Å². The number of aromatic nitrogens is 3. The summed E-state index contributed by atoms with van der Waals surface area (Å²) in [6, 6.07) is 8.25. The van der Waals surface area contributed by atoms with Crippen LogP contribution in [0.15, 0.2) is 24.3 Å². The quantitative estimate of drug-likeness (QED) is 0.896. The zero-order valence-corrected chi connectivity index (χ0v) is 11.9. The van der Waals surface area contributed by atoms with E-state index in [-0.39, 0.29) is 0 Å². The Morgan fingerprint density at radius 1 is 1.05 bits per heavy atom. The van der Waals surface area contributed by atoms with Crippen molar-refractivity contribution in [2.24, 2.45) is 0 Å². The van der Waals surface area contributed by atoms with E-state index in [1.165, 1.54) is 5.56 Å². The van der Waals surface area contributed by atoms with Crippen LogP contribution in [0.5, 0.6) is 0 Å². The van der Waals surface area contributed by atoms with Crippen LogP contribution in [0.3, 0.4) is 0 Å². The lowest BCUT2D eigenvalue weighted by atomic mass is 10.1. The fourth-order valence-electron chi connectivity index (χ4n) is 2.51. The summed E-state index contributed by atoms with van der Waals surface area (Å²) in [5.41, 5.74) is 3.19. The van der Waals surface area contributed by atoms with Crippen molar-refractivity contribution >= 4 is 5.82 Å². The molecule has 0 spiro atoms. The number of hydrogen-bond donors (Lipinski definition) is 1. The van der Waals surface area contributed by atoms with Crippen molar-refractivity contribution < 1.29 is 0 Å². The molecule has 0 aliphatic carbocycles. The number of aryl methyl sites for hydroxylation is 2. The highest BCUT2D eigenvalue weighted by atomic mass is 15.3. The number of hydrogen-bond acceptors (Lipinski definition) is 5. The summed E-state index contributed by atoms with van der Waals surface area (Å²) < 4.78 is 0. The fourth-order valence-corrected chi connectivity index (χ4v) is 2.51. The van der Waals surface area contributed by atoms with Crippen molar-refractivity contribution in [1.29, 1.82) is 0 Å². The van der Waals surface area contributed by atoms with Crippen LogP contribution in [0.2, 0.25) is 0 Å². The molecule has 0 unspecified atom stereocenters. The number of anilines is 1. The molecule has 1 aliphatic rings. The Morgan fingerprint density at radius 3 is 2.55 bits per heavy atom. The minimum absolute atomic E-state index is 0.718. The van der Waals surface area contributed by atoms with Gasteiger partial charge in [0, 0.05) is 31.7 Å². The average Bonchev–Trinajstić information content (AvgIpc) is 2.49. The number of piperazine rings is 1. The van der Waals surface area contributed by atoms with Gasteiger partial charge in [-0.05, 0) is 19.4 Å². The predicted molar refractivity (Wildman–Crippen MR) is 79.8 cm³/mol. The van der Waals surface area contributed by atoms with Gasteiger partial charge in [0.2, 0.25) is 0 Å². The molecule has 104 valence electrons.